The molecule has 0 bridgehead atoms. The predicted molar refractivity (Wildman–Crippen MR) is 83.6 cm³/mol. The molecule has 0 saturated heterocycles. The van der Waals surface area contributed by atoms with Crippen LogP contribution >= 0.6 is 0 Å². The minimum Gasteiger partial charge on any atom is -0.489 e. The van der Waals surface area contributed by atoms with Gasteiger partial charge in [0, 0.05) is 0 Å². The van der Waals surface area contributed by atoms with Gasteiger partial charge >= 0.3 is 0 Å². The number of rotatable bonds is 6. The first kappa shape index (κ1) is 15.5. The van der Waals surface area contributed by atoms with E-state index in [1.807, 2.05) is 30.3 Å². The van der Waals surface area contributed by atoms with Crippen LogP contribution in [0.1, 0.15) is 23.3 Å². The Morgan fingerprint density at radius 2 is 1.67 bits per heavy atom. The second-order valence-corrected chi connectivity index (χ2v) is 6.94. The smallest absolute Gasteiger partial charge is 0.218 e. The van der Waals surface area contributed by atoms with E-state index in [1.165, 1.54) is 7.05 Å². The Morgan fingerprint density at radius 1 is 1.05 bits per heavy atom. The molecule has 2 aromatic rings. The van der Waals surface area contributed by atoms with E-state index in [2.05, 4.69) is 4.72 Å². The topological polar surface area (TPSA) is 55.4 Å². The summed E-state index contributed by atoms with van der Waals surface area (Å²) in [5.41, 5.74) is 1.82. The molecule has 0 aromatic heterocycles. The second-order valence-electron chi connectivity index (χ2n) is 4.73. The van der Waals surface area contributed by atoms with Gasteiger partial charge in [-0.05, 0) is 37.2 Å². The van der Waals surface area contributed by atoms with Gasteiger partial charge in [-0.2, -0.15) is 0 Å². The number of hydrogen-bond donors (Lipinski definition) is 1. The van der Waals surface area contributed by atoms with Crippen LogP contribution < -0.4 is 9.46 Å². The average Bonchev–Trinajstić information content (AvgIpc) is 2.53. The van der Waals surface area contributed by atoms with Crippen molar-refractivity contribution in [3.05, 3.63) is 65.7 Å². The van der Waals surface area contributed by atoms with Crippen LogP contribution in [-0.2, 0) is 16.6 Å². The van der Waals surface area contributed by atoms with E-state index in [0.29, 0.717) is 6.61 Å². The van der Waals surface area contributed by atoms with Crippen molar-refractivity contribution in [3.63, 3.8) is 0 Å². The molecular weight excluding hydrogens is 286 g/mol. The summed E-state index contributed by atoms with van der Waals surface area (Å²) in [7, 11) is -1.89. The maximum Gasteiger partial charge on any atom is 0.218 e. The van der Waals surface area contributed by atoms with Crippen LogP contribution in [-0.4, -0.2) is 15.5 Å². The molecule has 0 aliphatic rings. The summed E-state index contributed by atoms with van der Waals surface area (Å²) in [5, 5.41) is -0.592. The minimum atomic E-state index is -3.31. The molecule has 0 aliphatic heterocycles. The lowest BCUT2D eigenvalue weighted by Crippen LogP contribution is -2.23. The van der Waals surface area contributed by atoms with E-state index in [1.54, 1.807) is 31.2 Å². The van der Waals surface area contributed by atoms with Crippen molar-refractivity contribution in [2.24, 2.45) is 0 Å². The molecule has 0 saturated carbocycles. The second kappa shape index (κ2) is 6.74. The average molecular weight is 305 g/mol. The van der Waals surface area contributed by atoms with Gasteiger partial charge < -0.3 is 4.74 Å². The van der Waals surface area contributed by atoms with Gasteiger partial charge in [0.05, 0.1) is 5.25 Å². The molecule has 0 aliphatic carbocycles. The fourth-order valence-corrected chi connectivity index (χ4v) is 2.80. The fraction of sp³-hybridized carbons (Fsp3) is 0.250. The molecule has 2 aromatic carbocycles. The number of nitrogens with one attached hydrogen (secondary N) is 1. The molecule has 1 atom stereocenters. The molecule has 0 radical (unpaired) electrons. The van der Waals surface area contributed by atoms with Crippen LogP contribution in [0, 0.1) is 0 Å². The Bertz CT molecular complexity index is 666. The Kier molecular flexibility index (Phi) is 4.98. The quantitative estimate of drug-likeness (QED) is 0.893. The highest BCUT2D eigenvalue weighted by Crippen LogP contribution is 2.23. The number of ether oxygens (including phenoxy) is 1. The molecule has 112 valence electrons. The fourth-order valence-electron chi connectivity index (χ4n) is 1.93. The normalized spacial score (nSPS) is 12.9. The third-order valence-corrected chi connectivity index (χ3v) is 5.12. The Balaban J connectivity index is 2.02. The van der Waals surface area contributed by atoms with Crippen molar-refractivity contribution in [2.45, 2.75) is 18.8 Å². The van der Waals surface area contributed by atoms with E-state index >= 15 is 0 Å². The highest BCUT2D eigenvalue weighted by atomic mass is 32.2. The highest BCUT2D eigenvalue weighted by molar-refractivity contribution is 7.89. The molecule has 0 heterocycles. The van der Waals surface area contributed by atoms with Crippen LogP contribution in [0.4, 0.5) is 0 Å². The number of benzene rings is 2. The Hall–Kier alpha value is -1.85. The summed E-state index contributed by atoms with van der Waals surface area (Å²) in [6.45, 7) is 2.15. The molecule has 2 rings (SSSR count). The molecule has 0 spiro atoms. The largest absolute Gasteiger partial charge is 0.489 e. The number of sulfonamides is 1. The zero-order valence-electron chi connectivity index (χ0n) is 12.1. The molecule has 5 heteroatoms. The summed E-state index contributed by atoms with van der Waals surface area (Å²) in [6.07, 6.45) is 0. The van der Waals surface area contributed by atoms with Crippen molar-refractivity contribution < 1.29 is 13.2 Å². The molecule has 0 amide bonds. The first-order valence-electron chi connectivity index (χ1n) is 6.72. The summed E-state index contributed by atoms with van der Waals surface area (Å²) < 4.78 is 31.5. The molecular formula is C16H19NO3S. The van der Waals surface area contributed by atoms with E-state index in [9.17, 15) is 8.42 Å². The van der Waals surface area contributed by atoms with Gasteiger partial charge in [0.25, 0.3) is 0 Å². The van der Waals surface area contributed by atoms with Crippen LogP contribution in [0.3, 0.4) is 0 Å². The van der Waals surface area contributed by atoms with E-state index in [0.717, 1.165) is 16.9 Å². The molecule has 4 nitrogen and oxygen atoms in total. The third-order valence-electron chi connectivity index (χ3n) is 3.35. The summed E-state index contributed by atoms with van der Waals surface area (Å²) in [4.78, 5) is 0. The zero-order chi connectivity index (χ0) is 15.3. The van der Waals surface area contributed by atoms with Gasteiger partial charge in [-0.15, -0.1) is 0 Å². The van der Waals surface area contributed by atoms with Gasteiger partial charge in [-0.25, -0.2) is 13.1 Å². The highest BCUT2D eigenvalue weighted by Gasteiger charge is 2.20. The van der Waals surface area contributed by atoms with Crippen molar-refractivity contribution in [3.8, 4) is 5.75 Å². The minimum absolute atomic E-state index is 0.491. The van der Waals surface area contributed by atoms with Gasteiger partial charge in [0.2, 0.25) is 10.0 Å². The summed E-state index contributed by atoms with van der Waals surface area (Å²) in [5.74, 6) is 0.719. The predicted octanol–water partition coefficient (Wildman–Crippen LogP) is 2.88. The first-order valence-corrected chi connectivity index (χ1v) is 8.26. The third kappa shape index (κ3) is 4.06. The standard InChI is InChI=1S/C16H19NO3S/c1-13(21(18,19)17-2)15-8-10-16(11-9-15)20-12-14-6-4-3-5-7-14/h3-11,13,17H,12H2,1-2H3. The summed E-state index contributed by atoms with van der Waals surface area (Å²) >= 11 is 0. The van der Waals surface area contributed by atoms with Gasteiger partial charge in [0.1, 0.15) is 12.4 Å². The lowest BCUT2D eigenvalue weighted by Gasteiger charge is -2.13. The zero-order valence-corrected chi connectivity index (χ0v) is 12.9. The van der Waals surface area contributed by atoms with E-state index in [-0.39, 0.29) is 0 Å². The summed E-state index contributed by atoms with van der Waals surface area (Å²) in [6, 6.07) is 17.0. The lowest BCUT2D eigenvalue weighted by molar-refractivity contribution is 0.306. The van der Waals surface area contributed by atoms with Gasteiger partial charge in [0.15, 0.2) is 0 Å². The van der Waals surface area contributed by atoms with E-state index in [4.69, 9.17) is 4.74 Å². The maximum atomic E-state index is 11.8. The molecule has 21 heavy (non-hydrogen) atoms. The van der Waals surface area contributed by atoms with Crippen molar-refractivity contribution in [1.29, 1.82) is 0 Å². The first-order chi connectivity index (χ1) is 10.0. The van der Waals surface area contributed by atoms with Crippen LogP contribution in [0.5, 0.6) is 5.75 Å². The van der Waals surface area contributed by atoms with Crippen LogP contribution in [0.15, 0.2) is 54.6 Å². The monoisotopic (exact) mass is 305 g/mol. The van der Waals surface area contributed by atoms with Gasteiger partial charge in [-0.1, -0.05) is 42.5 Å². The van der Waals surface area contributed by atoms with Crippen molar-refractivity contribution in [1.82, 2.24) is 4.72 Å². The molecule has 1 N–H and O–H groups in total. The molecule has 0 fully saturated rings. The Morgan fingerprint density at radius 3 is 2.24 bits per heavy atom. The van der Waals surface area contributed by atoms with Crippen LogP contribution in [0.25, 0.3) is 0 Å². The maximum absolute atomic E-state index is 11.8. The van der Waals surface area contributed by atoms with Crippen LogP contribution in [0.2, 0.25) is 0 Å². The van der Waals surface area contributed by atoms with E-state index < -0.39 is 15.3 Å². The lowest BCUT2D eigenvalue weighted by atomic mass is 10.1. The SMILES string of the molecule is CNS(=O)(=O)C(C)c1ccc(OCc2ccccc2)cc1. The Labute approximate surface area is 125 Å². The molecule has 1 unspecified atom stereocenters. The van der Waals surface area contributed by atoms with Crippen molar-refractivity contribution in [2.75, 3.05) is 7.05 Å². The van der Waals surface area contributed by atoms with Crippen molar-refractivity contribution >= 4 is 10.0 Å². The van der Waals surface area contributed by atoms with Gasteiger partial charge in [-0.3, -0.25) is 0 Å². The number of hydrogen-bond acceptors (Lipinski definition) is 3.